The molecule has 1 aromatic carbocycles. The monoisotopic (exact) mass is 310 g/mol. The summed E-state index contributed by atoms with van der Waals surface area (Å²) in [6.07, 6.45) is 1.19. The minimum Gasteiger partial charge on any atom is -0.365 e. The first-order valence-corrected chi connectivity index (χ1v) is 7.46. The number of nitrogens with one attached hydrogen (secondary N) is 1. The van der Waals surface area contributed by atoms with Crippen molar-refractivity contribution in [2.75, 3.05) is 18.0 Å². The lowest BCUT2D eigenvalue weighted by Gasteiger charge is -2.39. The predicted octanol–water partition coefficient (Wildman–Crippen LogP) is 3.72. The summed E-state index contributed by atoms with van der Waals surface area (Å²) in [5.41, 5.74) is 2.79. The molecule has 1 atom stereocenters. The first-order chi connectivity index (χ1) is 8.40. The second-order valence-electron chi connectivity index (χ2n) is 5.97. The molecule has 1 N–H and O–H groups in total. The molecule has 1 fully saturated rings. The molecule has 2 nitrogen and oxygen atoms in total. The maximum atomic E-state index is 3.61. The van der Waals surface area contributed by atoms with Gasteiger partial charge in [0.15, 0.2) is 0 Å². The largest absolute Gasteiger partial charge is 0.365 e. The number of nitrogens with zero attached hydrogens (tertiary/aromatic N) is 1. The fourth-order valence-corrected chi connectivity index (χ4v) is 2.77. The van der Waals surface area contributed by atoms with Crippen LogP contribution in [0.5, 0.6) is 0 Å². The molecule has 18 heavy (non-hydrogen) atoms. The average molecular weight is 311 g/mol. The van der Waals surface area contributed by atoms with Gasteiger partial charge in [0, 0.05) is 34.8 Å². The van der Waals surface area contributed by atoms with E-state index in [2.05, 4.69) is 72.0 Å². The van der Waals surface area contributed by atoms with Crippen LogP contribution in [0.4, 0.5) is 5.69 Å². The highest BCUT2D eigenvalue weighted by atomic mass is 79.9. The lowest BCUT2D eigenvalue weighted by molar-refractivity contribution is 0.447. The first-order valence-electron chi connectivity index (χ1n) is 6.67. The van der Waals surface area contributed by atoms with Crippen molar-refractivity contribution in [3.8, 4) is 0 Å². The van der Waals surface area contributed by atoms with E-state index in [9.17, 15) is 0 Å². The number of hydrogen-bond donors (Lipinski definition) is 1. The van der Waals surface area contributed by atoms with Crippen molar-refractivity contribution in [2.45, 2.75) is 45.7 Å². The molecule has 2 rings (SSSR count). The summed E-state index contributed by atoms with van der Waals surface area (Å²) in [5, 5.41) is 3.61. The standard InChI is InChI=1S/C15H23BrN2/c1-11-9-13(5-6-14(11)16)18-8-7-12(2)17-10-15(18,3)4/h5-6,9,12,17H,7-8,10H2,1-4H3. The zero-order chi connectivity index (χ0) is 13.3. The Hall–Kier alpha value is -0.540. The lowest BCUT2D eigenvalue weighted by atomic mass is 10.0. The van der Waals surface area contributed by atoms with Crippen LogP contribution >= 0.6 is 15.9 Å². The molecule has 1 aromatic rings. The van der Waals surface area contributed by atoms with E-state index in [1.807, 2.05) is 0 Å². The highest BCUT2D eigenvalue weighted by Crippen LogP contribution is 2.29. The van der Waals surface area contributed by atoms with Crippen LogP contribution in [0.2, 0.25) is 0 Å². The van der Waals surface area contributed by atoms with Crippen LogP contribution in [0.3, 0.4) is 0 Å². The molecule has 100 valence electrons. The molecular formula is C15H23BrN2. The zero-order valence-corrected chi connectivity index (χ0v) is 13.3. The van der Waals surface area contributed by atoms with Crippen LogP contribution in [0.15, 0.2) is 22.7 Å². The molecule has 1 unspecified atom stereocenters. The van der Waals surface area contributed by atoms with Crippen molar-refractivity contribution in [3.63, 3.8) is 0 Å². The Morgan fingerprint density at radius 1 is 1.39 bits per heavy atom. The van der Waals surface area contributed by atoms with Crippen molar-refractivity contribution in [2.24, 2.45) is 0 Å². The van der Waals surface area contributed by atoms with Gasteiger partial charge in [-0.25, -0.2) is 0 Å². The van der Waals surface area contributed by atoms with Gasteiger partial charge in [-0.3, -0.25) is 0 Å². The van der Waals surface area contributed by atoms with Crippen LogP contribution in [-0.2, 0) is 0 Å². The Kier molecular flexibility index (Phi) is 4.02. The molecule has 0 spiro atoms. The van der Waals surface area contributed by atoms with E-state index in [4.69, 9.17) is 0 Å². The Bertz CT molecular complexity index is 429. The molecule has 0 saturated carbocycles. The second-order valence-corrected chi connectivity index (χ2v) is 6.82. The summed E-state index contributed by atoms with van der Waals surface area (Å²) in [5.74, 6) is 0. The molecule has 1 heterocycles. The summed E-state index contributed by atoms with van der Waals surface area (Å²) in [4.78, 5) is 2.53. The van der Waals surface area contributed by atoms with Crippen LogP contribution in [0.1, 0.15) is 32.8 Å². The number of benzene rings is 1. The Morgan fingerprint density at radius 2 is 2.11 bits per heavy atom. The van der Waals surface area contributed by atoms with E-state index in [0.29, 0.717) is 6.04 Å². The maximum Gasteiger partial charge on any atom is 0.0470 e. The number of rotatable bonds is 1. The van der Waals surface area contributed by atoms with Gasteiger partial charge in [-0.2, -0.15) is 0 Å². The number of aryl methyl sites for hydroxylation is 1. The molecule has 3 heteroatoms. The summed E-state index contributed by atoms with van der Waals surface area (Å²) >= 11 is 3.58. The smallest absolute Gasteiger partial charge is 0.0470 e. The summed E-state index contributed by atoms with van der Waals surface area (Å²) < 4.78 is 1.19. The predicted molar refractivity (Wildman–Crippen MR) is 82.4 cm³/mol. The quantitative estimate of drug-likeness (QED) is 0.850. The van der Waals surface area contributed by atoms with E-state index < -0.39 is 0 Å². The van der Waals surface area contributed by atoms with Crippen LogP contribution < -0.4 is 10.2 Å². The normalized spacial score (nSPS) is 23.8. The van der Waals surface area contributed by atoms with Crippen LogP contribution in [-0.4, -0.2) is 24.7 Å². The van der Waals surface area contributed by atoms with Crippen molar-refractivity contribution in [1.82, 2.24) is 5.32 Å². The number of anilines is 1. The zero-order valence-electron chi connectivity index (χ0n) is 11.8. The Labute approximate surface area is 119 Å². The van der Waals surface area contributed by atoms with E-state index in [1.165, 1.54) is 22.1 Å². The molecule has 1 saturated heterocycles. The van der Waals surface area contributed by atoms with Crippen molar-refractivity contribution in [3.05, 3.63) is 28.2 Å². The van der Waals surface area contributed by atoms with Crippen molar-refractivity contribution in [1.29, 1.82) is 0 Å². The second kappa shape index (κ2) is 5.22. The minimum atomic E-state index is 0.158. The summed E-state index contributed by atoms with van der Waals surface area (Å²) in [7, 11) is 0. The van der Waals surface area contributed by atoms with E-state index >= 15 is 0 Å². The van der Waals surface area contributed by atoms with Crippen molar-refractivity contribution >= 4 is 21.6 Å². The van der Waals surface area contributed by atoms with Gasteiger partial charge in [0.05, 0.1) is 0 Å². The third kappa shape index (κ3) is 2.89. The molecule has 0 amide bonds. The minimum absolute atomic E-state index is 0.158. The highest BCUT2D eigenvalue weighted by Gasteiger charge is 2.30. The maximum absolute atomic E-state index is 3.61. The summed E-state index contributed by atoms with van der Waals surface area (Å²) in [6.45, 7) is 11.2. The third-order valence-corrected chi connectivity index (χ3v) is 4.74. The van der Waals surface area contributed by atoms with Gasteiger partial charge in [0.1, 0.15) is 0 Å². The SMILES string of the molecule is Cc1cc(N2CCC(C)NCC2(C)C)ccc1Br. The van der Waals surface area contributed by atoms with Crippen LogP contribution in [0.25, 0.3) is 0 Å². The lowest BCUT2D eigenvalue weighted by Crippen LogP contribution is -2.49. The molecule has 0 aliphatic carbocycles. The van der Waals surface area contributed by atoms with E-state index in [-0.39, 0.29) is 5.54 Å². The molecule has 0 bridgehead atoms. The third-order valence-electron chi connectivity index (χ3n) is 3.85. The van der Waals surface area contributed by atoms with Gasteiger partial charge in [0.2, 0.25) is 0 Å². The molecule has 1 aliphatic rings. The van der Waals surface area contributed by atoms with E-state index in [1.54, 1.807) is 0 Å². The van der Waals surface area contributed by atoms with Gasteiger partial charge in [0.25, 0.3) is 0 Å². The first kappa shape index (κ1) is 13.9. The summed E-state index contributed by atoms with van der Waals surface area (Å²) in [6, 6.07) is 7.25. The Morgan fingerprint density at radius 3 is 2.78 bits per heavy atom. The number of hydrogen-bond acceptors (Lipinski definition) is 2. The van der Waals surface area contributed by atoms with Gasteiger partial charge in [-0.1, -0.05) is 15.9 Å². The Balaban J connectivity index is 2.31. The fraction of sp³-hybridized carbons (Fsp3) is 0.600. The fourth-order valence-electron chi connectivity index (χ4n) is 2.52. The molecule has 0 radical (unpaired) electrons. The van der Waals surface area contributed by atoms with E-state index in [0.717, 1.165) is 13.1 Å². The van der Waals surface area contributed by atoms with Gasteiger partial charge in [-0.05, 0) is 57.9 Å². The highest BCUT2D eigenvalue weighted by molar-refractivity contribution is 9.10. The van der Waals surface area contributed by atoms with Crippen LogP contribution in [0, 0.1) is 6.92 Å². The van der Waals surface area contributed by atoms with Gasteiger partial charge >= 0.3 is 0 Å². The molecular weight excluding hydrogens is 288 g/mol. The topological polar surface area (TPSA) is 15.3 Å². The van der Waals surface area contributed by atoms with Crippen molar-refractivity contribution < 1.29 is 0 Å². The molecule has 0 aromatic heterocycles. The molecule has 1 aliphatic heterocycles. The average Bonchev–Trinajstić information content (AvgIpc) is 2.43. The number of halogens is 1. The van der Waals surface area contributed by atoms with Gasteiger partial charge < -0.3 is 10.2 Å². The van der Waals surface area contributed by atoms with Gasteiger partial charge in [-0.15, -0.1) is 0 Å².